The van der Waals surface area contributed by atoms with Crippen molar-refractivity contribution in [1.29, 1.82) is 0 Å². The van der Waals surface area contributed by atoms with Gasteiger partial charge in [-0.1, -0.05) is 32.0 Å². The van der Waals surface area contributed by atoms with Crippen LogP contribution in [-0.2, 0) is 19.1 Å². The second-order valence-corrected chi connectivity index (χ2v) is 6.95. The molecule has 2 heterocycles. The molecular formula is C20H25NO5. The van der Waals surface area contributed by atoms with Gasteiger partial charge in [0.25, 0.3) is 5.91 Å². The molecule has 1 saturated heterocycles. The maximum atomic E-state index is 12.5. The van der Waals surface area contributed by atoms with Crippen molar-refractivity contribution in [2.24, 2.45) is 5.92 Å². The van der Waals surface area contributed by atoms with E-state index in [9.17, 15) is 9.59 Å². The lowest BCUT2D eigenvalue weighted by Gasteiger charge is -2.23. The number of amides is 1. The Kier molecular flexibility index (Phi) is 5.93. The Morgan fingerprint density at radius 3 is 2.85 bits per heavy atom. The van der Waals surface area contributed by atoms with Gasteiger partial charge in [-0.3, -0.25) is 4.79 Å². The molecule has 1 aromatic rings. The van der Waals surface area contributed by atoms with Gasteiger partial charge in [0, 0.05) is 18.7 Å². The molecule has 2 aliphatic heterocycles. The van der Waals surface area contributed by atoms with E-state index >= 15 is 0 Å². The van der Waals surface area contributed by atoms with Crippen molar-refractivity contribution in [3.05, 3.63) is 35.4 Å². The van der Waals surface area contributed by atoms with Crippen molar-refractivity contribution in [3.8, 4) is 5.75 Å². The third kappa shape index (κ3) is 4.43. The van der Waals surface area contributed by atoms with Crippen LogP contribution in [0.4, 0.5) is 0 Å². The molecule has 1 aromatic carbocycles. The summed E-state index contributed by atoms with van der Waals surface area (Å²) in [5, 5.41) is 2.84. The number of carbonyl (C=O) groups is 2. The number of ether oxygens (including phenoxy) is 3. The summed E-state index contributed by atoms with van der Waals surface area (Å²) in [6.45, 7) is 5.02. The molecule has 6 nitrogen and oxygen atoms in total. The lowest BCUT2D eigenvalue weighted by atomic mass is 10.1. The van der Waals surface area contributed by atoms with Gasteiger partial charge in [-0.2, -0.15) is 0 Å². The van der Waals surface area contributed by atoms with Crippen molar-refractivity contribution in [2.75, 3.05) is 19.8 Å². The number of hydrogen-bond acceptors (Lipinski definition) is 5. The Morgan fingerprint density at radius 1 is 1.31 bits per heavy atom. The van der Waals surface area contributed by atoms with Crippen LogP contribution in [0, 0.1) is 5.92 Å². The molecule has 6 heteroatoms. The average molecular weight is 359 g/mol. The fraction of sp³-hybridized carbons (Fsp3) is 0.500. The van der Waals surface area contributed by atoms with Gasteiger partial charge in [0.05, 0.1) is 11.7 Å². The molecule has 0 unspecified atom stereocenters. The van der Waals surface area contributed by atoms with Crippen molar-refractivity contribution >= 4 is 18.0 Å². The van der Waals surface area contributed by atoms with E-state index in [4.69, 9.17) is 14.2 Å². The maximum Gasteiger partial charge on any atom is 0.338 e. The standard InChI is InChI=1S/C20H25NO5/c1-13(2)18(19(22)21-11-16-7-5-9-24-16)26-20(23)15-10-14-6-3-4-8-17(14)25-12-15/h3-4,6,8,10,13,16,18H,5,7,9,11-12H2,1-2H3,(H,21,22)/t16-,18-/m0/s1. The predicted molar refractivity (Wildman–Crippen MR) is 96.6 cm³/mol. The molecule has 0 saturated carbocycles. The Morgan fingerprint density at radius 2 is 2.12 bits per heavy atom. The first-order chi connectivity index (χ1) is 12.5. The van der Waals surface area contributed by atoms with Crippen LogP contribution in [0.5, 0.6) is 5.75 Å². The van der Waals surface area contributed by atoms with Gasteiger partial charge in [0.1, 0.15) is 12.4 Å². The Labute approximate surface area is 153 Å². The second kappa shape index (κ2) is 8.36. The molecule has 1 amide bonds. The van der Waals surface area contributed by atoms with Gasteiger partial charge in [-0.25, -0.2) is 4.79 Å². The van der Waals surface area contributed by atoms with Gasteiger partial charge in [-0.05, 0) is 30.9 Å². The number of rotatable bonds is 6. The largest absolute Gasteiger partial charge is 0.488 e. The zero-order valence-electron chi connectivity index (χ0n) is 15.2. The number of hydrogen-bond donors (Lipinski definition) is 1. The summed E-state index contributed by atoms with van der Waals surface area (Å²) < 4.78 is 16.6. The predicted octanol–water partition coefficient (Wildman–Crippen LogP) is 2.33. The van der Waals surface area contributed by atoms with Crippen LogP contribution in [0.15, 0.2) is 29.8 Å². The van der Waals surface area contributed by atoms with Crippen LogP contribution in [0.3, 0.4) is 0 Å². The van der Waals surface area contributed by atoms with E-state index in [0.717, 1.165) is 30.8 Å². The minimum atomic E-state index is -0.845. The molecule has 0 bridgehead atoms. The van der Waals surface area contributed by atoms with Crippen LogP contribution in [0.25, 0.3) is 6.08 Å². The van der Waals surface area contributed by atoms with Crippen molar-refractivity contribution in [3.63, 3.8) is 0 Å². The van der Waals surface area contributed by atoms with Gasteiger partial charge in [0.15, 0.2) is 6.10 Å². The summed E-state index contributed by atoms with van der Waals surface area (Å²) in [4.78, 5) is 25.0. The Hall–Kier alpha value is -2.34. The van der Waals surface area contributed by atoms with E-state index < -0.39 is 12.1 Å². The average Bonchev–Trinajstić information content (AvgIpc) is 3.17. The van der Waals surface area contributed by atoms with Crippen LogP contribution >= 0.6 is 0 Å². The number of esters is 1. The van der Waals surface area contributed by atoms with Crippen molar-refractivity contribution in [2.45, 2.75) is 38.9 Å². The first-order valence-corrected chi connectivity index (χ1v) is 9.07. The number of nitrogens with one attached hydrogen (secondary N) is 1. The van der Waals surface area contributed by atoms with E-state index in [0.29, 0.717) is 12.1 Å². The number of carbonyl (C=O) groups excluding carboxylic acids is 2. The minimum absolute atomic E-state index is 0.0495. The van der Waals surface area contributed by atoms with Crippen molar-refractivity contribution < 1.29 is 23.8 Å². The summed E-state index contributed by atoms with van der Waals surface area (Å²) in [6.07, 6.45) is 2.91. The maximum absolute atomic E-state index is 12.5. The molecule has 0 aliphatic carbocycles. The normalized spacial score (nSPS) is 20.0. The van der Waals surface area contributed by atoms with Gasteiger partial charge < -0.3 is 19.5 Å². The minimum Gasteiger partial charge on any atom is -0.488 e. The highest BCUT2D eigenvalue weighted by Crippen LogP contribution is 2.26. The number of fused-ring (bicyclic) bond motifs is 1. The van der Waals surface area contributed by atoms with Gasteiger partial charge in [0.2, 0.25) is 0 Å². The highest BCUT2D eigenvalue weighted by molar-refractivity contribution is 5.97. The van der Waals surface area contributed by atoms with E-state index in [1.807, 2.05) is 38.1 Å². The van der Waals surface area contributed by atoms with Crippen LogP contribution in [0.2, 0.25) is 0 Å². The fourth-order valence-electron chi connectivity index (χ4n) is 3.04. The second-order valence-electron chi connectivity index (χ2n) is 6.95. The smallest absolute Gasteiger partial charge is 0.338 e. The molecular weight excluding hydrogens is 334 g/mol. The Balaban J connectivity index is 1.61. The highest BCUT2D eigenvalue weighted by atomic mass is 16.6. The quantitative estimate of drug-likeness (QED) is 0.789. The topological polar surface area (TPSA) is 73.9 Å². The molecule has 3 rings (SSSR count). The first kappa shape index (κ1) is 18.5. The highest BCUT2D eigenvalue weighted by Gasteiger charge is 2.29. The summed E-state index contributed by atoms with van der Waals surface area (Å²) in [5.41, 5.74) is 1.23. The SMILES string of the molecule is CC(C)[C@H](OC(=O)C1=Cc2ccccc2OC1)C(=O)NC[C@@H]1CCCO1. The summed E-state index contributed by atoms with van der Waals surface area (Å²) in [7, 11) is 0. The van der Waals surface area contributed by atoms with Gasteiger partial charge in [-0.15, -0.1) is 0 Å². The van der Waals surface area contributed by atoms with Crippen LogP contribution < -0.4 is 10.1 Å². The summed E-state index contributed by atoms with van der Waals surface area (Å²) in [6, 6.07) is 7.48. The van der Waals surface area contributed by atoms with E-state index in [1.165, 1.54) is 0 Å². The lowest BCUT2D eigenvalue weighted by molar-refractivity contribution is -0.155. The van der Waals surface area contributed by atoms with E-state index in [1.54, 1.807) is 6.08 Å². The molecule has 1 fully saturated rings. The molecule has 1 N–H and O–H groups in total. The fourth-order valence-corrected chi connectivity index (χ4v) is 3.04. The Bertz CT molecular complexity index is 691. The number of para-hydroxylation sites is 1. The third-order valence-electron chi connectivity index (χ3n) is 4.52. The molecule has 0 aromatic heterocycles. The van der Waals surface area contributed by atoms with E-state index in [-0.39, 0.29) is 24.5 Å². The summed E-state index contributed by atoms with van der Waals surface area (Å²) in [5.74, 6) is -0.216. The van der Waals surface area contributed by atoms with Gasteiger partial charge >= 0.3 is 5.97 Å². The van der Waals surface area contributed by atoms with E-state index in [2.05, 4.69) is 5.32 Å². The summed E-state index contributed by atoms with van der Waals surface area (Å²) >= 11 is 0. The first-order valence-electron chi connectivity index (χ1n) is 9.07. The molecule has 2 aliphatic rings. The molecule has 140 valence electrons. The van der Waals surface area contributed by atoms with Crippen LogP contribution in [-0.4, -0.2) is 43.8 Å². The monoisotopic (exact) mass is 359 g/mol. The van der Waals surface area contributed by atoms with Crippen LogP contribution in [0.1, 0.15) is 32.3 Å². The zero-order chi connectivity index (χ0) is 18.5. The third-order valence-corrected chi connectivity index (χ3v) is 4.52. The molecule has 26 heavy (non-hydrogen) atoms. The lowest BCUT2D eigenvalue weighted by Crippen LogP contribution is -2.44. The molecule has 0 radical (unpaired) electrons. The zero-order valence-corrected chi connectivity index (χ0v) is 15.2. The van der Waals surface area contributed by atoms with Crippen molar-refractivity contribution in [1.82, 2.24) is 5.32 Å². The number of benzene rings is 1. The molecule has 2 atom stereocenters. The molecule has 0 spiro atoms.